The Morgan fingerprint density at radius 3 is 2.56 bits per heavy atom. The van der Waals surface area contributed by atoms with Gasteiger partial charge in [-0.2, -0.15) is 5.26 Å². The second-order valence-corrected chi connectivity index (χ2v) is 5.16. The molecule has 3 nitrogen and oxygen atoms in total. The predicted octanol–water partition coefficient (Wildman–Crippen LogP) is 2.51. The average Bonchev–Trinajstić information content (AvgIpc) is 2.40. The monoisotopic (exact) mass is 243 g/mol. The summed E-state index contributed by atoms with van der Waals surface area (Å²) in [6.45, 7) is 3.49. The number of piperidine rings is 1. The molecule has 0 unspecified atom stereocenters. The fourth-order valence-corrected chi connectivity index (χ4v) is 2.36. The number of anilines is 1. The molecule has 1 aliphatic heterocycles. The number of hydrogen-bond acceptors (Lipinski definition) is 3. The smallest absolute Gasteiger partial charge is 0.0669 e. The van der Waals surface area contributed by atoms with Crippen molar-refractivity contribution in [2.24, 2.45) is 5.92 Å². The molecule has 1 heterocycles. The first-order valence-electron chi connectivity index (χ1n) is 6.66. The van der Waals surface area contributed by atoms with Gasteiger partial charge in [0.2, 0.25) is 0 Å². The van der Waals surface area contributed by atoms with Gasteiger partial charge in [-0.1, -0.05) is 12.1 Å². The highest BCUT2D eigenvalue weighted by atomic mass is 15.1. The highest BCUT2D eigenvalue weighted by Gasteiger charge is 2.15. The molecule has 0 atom stereocenters. The Balaban J connectivity index is 1.78. The van der Waals surface area contributed by atoms with Crippen LogP contribution in [0.2, 0.25) is 0 Å². The Kier molecular flexibility index (Phi) is 4.60. The number of likely N-dealkylation sites (tertiary alicyclic amines) is 1. The van der Waals surface area contributed by atoms with Crippen molar-refractivity contribution in [2.45, 2.75) is 19.3 Å². The third-order valence-electron chi connectivity index (χ3n) is 3.67. The number of hydrogen-bond donors (Lipinski definition) is 1. The van der Waals surface area contributed by atoms with Gasteiger partial charge in [0.25, 0.3) is 0 Å². The highest BCUT2D eigenvalue weighted by molar-refractivity contribution is 5.45. The van der Waals surface area contributed by atoms with Gasteiger partial charge in [-0.15, -0.1) is 0 Å². The quantitative estimate of drug-likeness (QED) is 0.883. The largest absolute Gasteiger partial charge is 0.385 e. The summed E-state index contributed by atoms with van der Waals surface area (Å²) < 4.78 is 0. The van der Waals surface area contributed by atoms with Gasteiger partial charge in [-0.05, 0) is 56.6 Å². The van der Waals surface area contributed by atoms with Crippen molar-refractivity contribution in [1.82, 2.24) is 4.90 Å². The summed E-state index contributed by atoms with van der Waals surface area (Å²) in [4.78, 5) is 2.40. The van der Waals surface area contributed by atoms with Crippen molar-refractivity contribution < 1.29 is 0 Å². The number of benzene rings is 1. The van der Waals surface area contributed by atoms with Crippen LogP contribution in [0.15, 0.2) is 24.3 Å². The number of nitrogens with one attached hydrogen (secondary N) is 1. The lowest BCUT2D eigenvalue weighted by Gasteiger charge is -2.29. The van der Waals surface area contributed by atoms with E-state index in [2.05, 4.69) is 35.5 Å². The number of nitrogens with zero attached hydrogens (tertiary/aromatic N) is 2. The molecular formula is C15H21N3. The van der Waals surface area contributed by atoms with E-state index in [0.29, 0.717) is 6.42 Å². The van der Waals surface area contributed by atoms with Crippen LogP contribution >= 0.6 is 0 Å². The maximum Gasteiger partial charge on any atom is 0.0669 e. The third-order valence-corrected chi connectivity index (χ3v) is 3.67. The Hall–Kier alpha value is -1.53. The van der Waals surface area contributed by atoms with E-state index in [1.54, 1.807) is 0 Å². The van der Waals surface area contributed by atoms with Crippen LogP contribution in [0.5, 0.6) is 0 Å². The van der Waals surface area contributed by atoms with Crippen LogP contribution in [-0.4, -0.2) is 31.6 Å². The van der Waals surface area contributed by atoms with Gasteiger partial charge in [0.1, 0.15) is 0 Å². The topological polar surface area (TPSA) is 39.1 Å². The molecule has 2 rings (SSSR count). The van der Waals surface area contributed by atoms with Gasteiger partial charge in [-0.3, -0.25) is 0 Å². The minimum atomic E-state index is 0.495. The lowest BCUT2D eigenvalue weighted by Crippen LogP contribution is -2.32. The maximum absolute atomic E-state index is 8.61. The molecule has 18 heavy (non-hydrogen) atoms. The van der Waals surface area contributed by atoms with Crippen LogP contribution in [0.4, 0.5) is 5.69 Å². The van der Waals surface area contributed by atoms with E-state index in [0.717, 1.165) is 23.7 Å². The Bertz CT molecular complexity index is 397. The lowest BCUT2D eigenvalue weighted by atomic mass is 9.97. The molecule has 1 aromatic rings. The molecule has 0 spiro atoms. The van der Waals surface area contributed by atoms with E-state index in [1.165, 1.54) is 25.9 Å². The van der Waals surface area contributed by atoms with E-state index < -0.39 is 0 Å². The molecule has 0 radical (unpaired) electrons. The Morgan fingerprint density at radius 2 is 1.94 bits per heavy atom. The molecule has 1 saturated heterocycles. The van der Waals surface area contributed by atoms with E-state index in [4.69, 9.17) is 5.26 Å². The van der Waals surface area contributed by atoms with Gasteiger partial charge >= 0.3 is 0 Å². The van der Waals surface area contributed by atoms with Gasteiger partial charge in [-0.25, -0.2) is 0 Å². The van der Waals surface area contributed by atoms with E-state index in [9.17, 15) is 0 Å². The molecular weight excluding hydrogens is 222 g/mol. The lowest BCUT2D eigenvalue weighted by molar-refractivity contribution is 0.226. The van der Waals surface area contributed by atoms with E-state index in [-0.39, 0.29) is 0 Å². The average molecular weight is 243 g/mol. The van der Waals surface area contributed by atoms with Gasteiger partial charge in [0, 0.05) is 12.2 Å². The van der Waals surface area contributed by atoms with E-state index in [1.807, 2.05) is 12.1 Å². The first kappa shape index (κ1) is 12.9. The van der Waals surface area contributed by atoms with Crippen molar-refractivity contribution in [1.29, 1.82) is 5.26 Å². The van der Waals surface area contributed by atoms with Crippen molar-refractivity contribution in [3.05, 3.63) is 29.8 Å². The first-order valence-corrected chi connectivity index (χ1v) is 6.66. The molecule has 1 aliphatic rings. The van der Waals surface area contributed by atoms with Gasteiger partial charge in [0.15, 0.2) is 0 Å². The Labute approximate surface area is 109 Å². The van der Waals surface area contributed by atoms with Crippen molar-refractivity contribution >= 4 is 5.69 Å². The molecule has 1 fully saturated rings. The standard InChI is InChI=1S/C15H21N3/c1-18-10-7-14(8-11-18)12-17-15-4-2-13(3-5-15)6-9-16/h2-5,14,17H,6-8,10-12H2,1H3. The summed E-state index contributed by atoms with van der Waals surface area (Å²) in [6.07, 6.45) is 3.07. The molecule has 0 aliphatic carbocycles. The van der Waals surface area contributed by atoms with Crippen molar-refractivity contribution in [3.63, 3.8) is 0 Å². The zero-order chi connectivity index (χ0) is 12.8. The molecule has 0 amide bonds. The van der Waals surface area contributed by atoms with Crippen LogP contribution in [0.3, 0.4) is 0 Å². The maximum atomic E-state index is 8.61. The first-order chi connectivity index (χ1) is 8.78. The zero-order valence-electron chi connectivity index (χ0n) is 11.0. The van der Waals surface area contributed by atoms with Crippen LogP contribution in [0.25, 0.3) is 0 Å². The normalized spacial score (nSPS) is 17.3. The predicted molar refractivity (Wildman–Crippen MR) is 74.5 cm³/mol. The number of nitriles is 1. The van der Waals surface area contributed by atoms with Gasteiger partial charge < -0.3 is 10.2 Å². The second-order valence-electron chi connectivity index (χ2n) is 5.16. The van der Waals surface area contributed by atoms with Crippen LogP contribution in [0, 0.1) is 17.2 Å². The molecule has 1 N–H and O–H groups in total. The molecule has 0 bridgehead atoms. The molecule has 1 aromatic carbocycles. The summed E-state index contributed by atoms with van der Waals surface area (Å²) in [7, 11) is 2.19. The fraction of sp³-hybridized carbons (Fsp3) is 0.533. The Morgan fingerprint density at radius 1 is 1.28 bits per heavy atom. The summed E-state index contributed by atoms with van der Waals surface area (Å²) in [6, 6.07) is 10.4. The van der Waals surface area contributed by atoms with Gasteiger partial charge in [0.05, 0.1) is 12.5 Å². The van der Waals surface area contributed by atoms with Crippen molar-refractivity contribution in [3.8, 4) is 6.07 Å². The highest BCUT2D eigenvalue weighted by Crippen LogP contribution is 2.17. The SMILES string of the molecule is CN1CCC(CNc2ccc(CC#N)cc2)CC1. The molecule has 96 valence electrons. The molecule has 3 heteroatoms. The third kappa shape index (κ3) is 3.75. The number of rotatable bonds is 4. The summed E-state index contributed by atoms with van der Waals surface area (Å²) in [5.74, 6) is 0.792. The second kappa shape index (κ2) is 6.42. The summed E-state index contributed by atoms with van der Waals surface area (Å²) in [5, 5.41) is 12.1. The van der Waals surface area contributed by atoms with Crippen LogP contribution < -0.4 is 5.32 Å². The van der Waals surface area contributed by atoms with Crippen LogP contribution in [-0.2, 0) is 6.42 Å². The zero-order valence-corrected chi connectivity index (χ0v) is 11.0. The minimum Gasteiger partial charge on any atom is -0.385 e. The fourth-order valence-electron chi connectivity index (χ4n) is 2.36. The van der Waals surface area contributed by atoms with E-state index >= 15 is 0 Å². The molecule has 0 saturated carbocycles. The summed E-state index contributed by atoms with van der Waals surface area (Å²) >= 11 is 0. The van der Waals surface area contributed by atoms with Crippen molar-refractivity contribution in [2.75, 3.05) is 32.0 Å². The molecule has 0 aromatic heterocycles. The minimum absolute atomic E-state index is 0.495. The van der Waals surface area contributed by atoms with Crippen LogP contribution in [0.1, 0.15) is 18.4 Å². The summed E-state index contributed by atoms with van der Waals surface area (Å²) in [5.41, 5.74) is 2.25.